The lowest BCUT2D eigenvalue weighted by Gasteiger charge is -2.17. The van der Waals surface area contributed by atoms with E-state index in [2.05, 4.69) is 26.1 Å². The van der Waals surface area contributed by atoms with Gasteiger partial charge in [-0.05, 0) is 39.2 Å². The van der Waals surface area contributed by atoms with Gasteiger partial charge in [-0.3, -0.25) is 0 Å². The van der Waals surface area contributed by atoms with Crippen molar-refractivity contribution in [3.05, 3.63) is 0 Å². The molecule has 0 aromatic heterocycles. The van der Waals surface area contributed by atoms with Crippen LogP contribution in [0.15, 0.2) is 0 Å². The first-order valence-corrected chi connectivity index (χ1v) is 6.58. The Balaban J connectivity index is 3.39. The second kappa shape index (κ2) is 11.4. The van der Waals surface area contributed by atoms with Gasteiger partial charge in [-0.15, -0.1) is 0 Å². The van der Waals surface area contributed by atoms with Crippen molar-refractivity contribution in [3.8, 4) is 0 Å². The van der Waals surface area contributed by atoms with E-state index in [9.17, 15) is 0 Å². The third-order valence-electron chi connectivity index (χ3n) is 2.68. The minimum atomic E-state index is 0.216. The molecule has 3 nitrogen and oxygen atoms in total. The number of rotatable bonds is 11. The maximum atomic E-state index is 5.63. The Hall–Kier alpha value is -0.120. The van der Waals surface area contributed by atoms with Gasteiger partial charge in [0.2, 0.25) is 0 Å². The van der Waals surface area contributed by atoms with Crippen LogP contribution in [-0.4, -0.2) is 39.0 Å². The van der Waals surface area contributed by atoms with E-state index in [0.717, 1.165) is 19.6 Å². The summed E-state index contributed by atoms with van der Waals surface area (Å²) >= 11 is 0. The van der Waals surface area contributed by atoms with Gasteiger partial charge < -0.3 is 14.8 Å². The normalized spacial score (nSPS) is 15.0. The van der Waals surface area contributed by atoms with Gasteiger partial charge in [0, 0.05) is 19.8 Å². The van der Waals surface area contributed by atoms with E-state index in [4.69, 9.17) is 9.47 Å². The van der Waals surface area contributed by atoms with Crippen LogP contribution in [0.1, 0.15) is 46.5 Å². The largest absolute Gasteiger partial charge is 0.382 e. The van der Waals surface area contributed by atoms with E-state index in [1.807, 2.05) is 0 Å². The van der Waals surface area contributed by atoms with E-state index in [0.29, 0.717) is 12.6 Å². The van der Waals surface area contributed by atoms with Crippen molar-refractivity contribution in [3.63, 3.8) is 0 Å². The van der Waals surface area contributed by atoms with Gasteiger partial charge in [0.05, 0.1) is 12.7 Å². The minimum Gasteiger partial charge on any atom is -0.382 e. The van der Waals surface area contributed by atoms with Gasteiger partial charge in [-0.2, -0.15) is 0 Å². The quantitative estimate of drug-likeness (QED) is 0.554. The molecule has 0 radical (unpaired) electrons. The summed E-state index contributed by atoms with van der Waals surface area (Å²) in [6, 6.07) is 0.654. The highest BCUT2D eigenvalue weighted by Crippen LogP contribution is 2.03. The molecule has 0 saturated carbocycles. The maximum absolute atomic E-state index is 5.63. The summed E-state index contributed by atoms with van der Waals surface area (Å²) in [4.78, 5) is 0. The highest BCUT2D eigenvalue weighted by atomic mass is 16.5. The van der Waals surface area contributed by atoms with Crippen molar-refractivity contribution < 1.29 is 9.47 Å². The molecule has 2 atom stereocenters. The number of methoxy groups -OCH3 is 1. The van der Waals surface area contributed by atoms with E-state index in [1.165, 1.54) is 19.3 Å². The van der Waals surface area contributed by atoms with Crippen molar-refractivity contribution in [2.24, 2.45) is 0 Å². The Kier molecular flexibility index (Phi) is 11.3. The minimum absolute atomic E-state index is 0.216. The lowest BCUT2D eigenvalue weighted by atomic mass is 10.1. The van der Waals surface area contributed by atoms with Crippen molar-refractivity contribution >= 4 is 0 Å². The zero-order chi connectivity index (χ0) is 12.2. The van der Waals surface area contributed by atoms with Crippen molar-refractivity contribution in [1.82, 2.24) is 5.32 Å². The van der Waals surface area contributed by atoms with E-state index >= 15 is 0 Å². The van der Waals surface area contributed by atoms with Crippen LogP contribution < -0.4 is 5.32 Å². The molecule has 2 unspecified atom stereocenters. The third-order valence-corrected chi connectivity index (χ3v) is 2.68. The second-order valence-electron chi connectivity index (χ2n) is 4.34. The Morgan fingerprint density at radius 3 is 2.56 bits per heavy atom. The molecule has 16 heavy (non-hydrogen) atoms. The number of hydrogen-bond acceptors (Lipinski definition) is 3. The van der Waals surface area contributed by atoms with Crippen LogP contribution in [0.25, 0.3) is 0 Å². The Morgan fingerprint density at radius 1 is 1.25 bits per heavy atom. The zero-order valence-corrected chi connectivity index (χ0v) is 11.4. The lowest BCUT2D eigenvalue weighted by Crippen LogP contribution is -2.29. The van der Waals surface area contributed by atoms with Crippen LogP contribution in [0.5, 0.6) is 0 Å². The molecule has 0 aliphatic heterocycles. The van der Waals surface area contributed by atoms with Gasteiger partial charge in [-0.1, -0.05) is 13.8 Å². The summed E-state index contributed by atoms with van der Waals surface area (Å²) in [6.45, 7) is 9.15. The van der Waals surface area contributed by atoms with Gasteiger partial charge >= 0.3 is 0 Å². The van der Waals surface area contributed by atoms with Crippen LogP contribution in [0.2, 0.25) is 0 Å². The topological polar surface area (TPSA) is 30.5 Å². The first-order valence-electron chi connectivity index (χ1n) is 6.58. The van der Waals surface area contributed by atoms with Crippen LogP contribution in [0.4, 0.5) is 0 Å². The van der Waals surface area contributed by atoms with E-state index < -0.39 is 0 Å². The molecule has 0 bridgehead atoms. The number of hydrogen-bond donors (Lipinski definition) is 1. The fourth-order valence-corrected chi connectivity index (χ4v) is 1.70. The summed E-state index contributed by atoms with van der Waals surface area (Å²) < 4.78 is 10.6. The average molecular weight is 231 g/mol. The van der Waals surface area contributed by atoms with Crippen molar-refractivity contribution in [2.45, 2.75) is 58.6 Å². The molecule has 0 amide bonds. The Labute approximate surface area is 101 Å². The number of ether oxygens (including phenoxy) is 2. The Bertz CT molecular complexity index is 142. The summed E-state index contributed by atoms with van der Waals surface area (Å²) in [5.41, 5.74) is 0. The lowest BCUT2D eigenvalue weighted by molar-refractivity contribution is 0.00709. The fourth-order valence-electron chi connectivity index (χ4n) is 1.70. The molecule has 0 aromatic rings. The molecule has 0 rings (SSSR count). The third kappa shape index (κ3) is 9.13. The van der Waals surface area contributed by atoms with Crippen LogP contribution >= 0.6 is 0 Å². The van der Waals surface area contributed by atoms with Crippen molar-refractivity contribution in [2.75, 3.05) is 26.9 Å². The second-order valence-corrected chi connectivity index (χ2v) is 4.34. The SMILES string of the molecule is CCCNC(CC)CCCOC(C)COC. The highest BCUT2D eigenvalue weighted by molar-refractivity contribution is 4.64. The molecule has 1 N–H and O–H groups in total. The fraction of sp³-hybridized carbons (Fsp3) is 1.00. The van der Waals surface area contributed by atoms with Crippen LogP contribution in [0, 0.1) is 0 Å². The van der Waals surface area contributed by atoms with Gasteiger partial charge in [0.1, 0.15) is 0 Å². The number of nitrogens with one attached hydrogen (secondary N) is 1. The molecule has 0 heterocycles. The van der Waals surface area contributed by atoms with Crippen LogP contribution in [0.3, 0.4) is 0 Å². The van der Waals surface area contributed by atoms with Gasteiger partial charge in [0.15, 0.2) is 0 Å². The first kappa shape index (κ1) is 15.9. The summed E-state index contributed by atoms with van der Waals surface area (Å²) in [7, 11) is 1.71. The summed E-state index contributed by atoms with van der Waals surface area (Å²) in [5, 5.41) is 3.55. The molecule has 3 heteroatoms. The predicted molar refractivity (Wildman–Crippen MR) is 68.9 cm³/mol. The molecule has 98 valence electrons. The monoisotopic (exact) mass is 231 g/mol. The smallest absolute Gasteiger partial charge is 0.0780 e. The molecular weight excluding hydrogens is 202 g/mol. The molecule has 0 aliphatic rings. The molecular formula is C13H29NO2. The molecule has 0 saturated heterocycles. The van der Waals surface area contributed by atoms with E-state index in [1.54, 1.807) is 7.11 Å². The van der Waals surface area contributed by atoms with Crippen LogP contribution in [-0.2, 0) is 9.47 Å². The molecule has 0 spiro atoms. The molecule has 0 fully saturated rings. The predicted octanol–water partition coefficient (Wildman–Crippen LogP) is 2.60. The van der Waals surface area contributed by atoms with Gasteiger partial charge in [0.25, 0.3) is 0 Å². The Morgan fingerprint density at radius 2 is 2.00 bits per heavy atom. The van der Waals surface area contributed by atoms with E-state index in [-0.39, 0.29) is 6.10 Å². The standard InChI is InChI=1S/C13H29NO2/c1-5-9-14-13(6-2)8-7-10-16-12(3)11-15-4/h12-14H,5-11H2,1-4H3. The highest BCUT2D eigenvalue weighted by Gasteiger charge is 2.05. The van der Waals surface area contributed by atoms with Crippen molar-refractivity contribution in [1.29, 1.82) is 0 Å². The average Bonchev–Trinajstić information content (AvgIpc) is 2.28. The molecule has 0 aromatic carbocycles. The summed E-state index contributed by atoms with van der Waals surface area (Å²) in [6.07, 6.45) is 4.96. The maximum Gasteiger partial charge on any atom is 0.0780 e. The molecule has 0 aliphatic carbocycles. The summed E-state index contributed by atoms with van der Waals surface area (Å²) in [5.74, 6) is 0. The zero-order valence-electron chi connectivity index (χ0n) is 11.4. The van der Waals surface area contributed by atoms with Gasteiger partial charge in [-0.25, -0.2) is 0 Å². The first-order chi connectivity index (χ1) is 7.74.